The third-order valence-electron chi connectivity index (χ3n) is 6.02. The van der Waals surface area contributed by atoms with E-state index >= 15 is 0 Å². The summed E-state index contributed by atoms with van der Waals surface area (Å²) < 4.78 is 25.3. The van der Waals surface area contributed by atoms with Gasteiger partial charge >= 0.3 is 11.9 Å². The molecule has 2 aliphatic rings. The van der Waals surface area contributed by atoms with Gasteiger partial charge in [-0.3, -0.25) is 4.79 Å². The summed E-state index contributed by atoms with van der Waals surface area (Å²) in [6.07, 6.45) is 5.20. The fourth-order valence-electron chi connectivity index (χ4n) is 4.37. The highest BCUT2D eigenvalue weighted by Crippen LogP contribution is 2.60. The van der Waals surface area contributed by atoms with Gasteiger partial charge < -0.3 is 9.47 Å². The maximum absolute atomic E-state index is 14.3. The van der Waals surface area contributed by atoms with Gasteiger partial charge in [-0.25, -0.2) is 4.79 Å². The second-order valence-corrected chi connectivity index (χ2v) is 9.78. The van der Waals surface area contributed by atoms with Crippen LogP contribution >= 0.6 is 0 Å². The van der Waals surface area contributed by atoms with E-state index in [1.54, 1.807) is 20.8 Å². The van der Waals surface area contributed by atoms with Crippen molar-refractivity contribution in [3.8, 4) is 0 Å². The molecule has 1 fully saturated rings. The summed E-state index contributed by atoms with van der Waals surface area (Å²) in [5.41, 5.74) is 2.25. The lowest BCUT2D eigenvalue weighted by Crippen LogP contribution is -2.24. The number of fused-ring (bicyclic) bond motifs is 1. The second-order valence-electron chi connectivity index (χ2n) is 9.78. The summed E-state index contributed by atoms with van der Waals surface area (Å²) in [7, 11) is 0. The fourth-order valence-corrected chi connectivity index (χ4v) is 4.37. The Morgan fingerprint density at radius 1 is 1.30 bits per heavy atom. The zero-order chi connectivity index (χ0) is 22.3. The molecule has 0 heterocycles. The Hall–Kier alpha value is -2.43. The number of allylic oxidation sites excluding steroid dienone is 2. The number of carbonyl (C=O) groups is 2. The molecule has 0 saturated heterocycles. The minimum absolute atomic E-state index is 0.283. The maximum atomic E-state index is 14.3. The molecular weight excluding hydrogens is 383 g/mol. The van der Waals surface area contributed by atoms with E-state index in [0.717, 1.165) is 24.8 Å². The lowest BCUT2D eigenvalue weighted by atomic mass is 10.0. The predicted molar refractivity (Wildman–Crippen MR) is 113 cm³/mol. The summed E-state index contributed by atoms with van der Waals surface area (Å²) in [5.74, 6) is -3.18. The van der Waals surface area contributed by atoms with E-state index in [2.05, 4.69) is 12.6 Å². The van der Waals surface area contributed by atoms with Crippen LogP contribution in [-0.2, 0) is 31.9 Å². The number of carbonyl (C=O) groups excluding carboxylic acids is 2. The van der Waals surface area contributed by atoms with Crippen molar-refractivity contribution in [3.05, 3.63) is 59.4 Å². The third-order valence-corrected chi connectivity index (χ3v) is 6.02. The van der Waals surface area contributed by atoms with E-state index in [1.807, 2.05) is 32.1 Å². The van der Waals surface area contributed by atoms with Gasteiger partial charge in [-0.05, 0) is 74.1 Å². The molecule has 3 rings (SSSR count). The van der Waals surface area contributed by atoms with Crippen LogP contribution in [0.5, 0.6) is 0 Å². The zero-order valence-corrected chi connectivity index (χ0v) is 18.5. The Bertz CT molecular complexity index is 891. The summed E-state index contributed by atoms with van der Waals surface area (Å²) in [5, 5.41) is 0. The first kappa shape index (κ1) is 22.3. The van der Waals surface area contributed by atoms with Gasteiger partial charge in [0.25, 0.3) is 0 Å². The molecule has 5 heteroatoms. The van der Waals surface area contributed by atoms with Gasteiger partial charge in [0.2, 0.25) is 5.83 Å². The van der Waals surface area contributed by atoms with Gasteiger partial charge in [0, 0.05) is 0 Å². The molecular formula is C25H31FO4. The molecule has 0 unspecified atom stereocenters. The average Bonchev–Trinajstić information content (AvgIpc) is 2.96. The van der Waals surface area contributed by atoms with Gasteiger partial charge in [0.05, 0.1) is 5.92 Å². The predicted octanol–water partition coefficient (Wildman–Crippen LogP) is 5.41. The molecule has 4 nitrogen and oxygen atoms in total. The van der Waals surface area contributed by atoms with E-state index in [4.69, 9.17) is 9.47 Å². The minimum Gasteiger partial charge on any atom is -0.457 e. The van der Waals surface area contributed by atoms with Crippen LogP contribution in [0.25, 0.3) is 0 Å². The number of halogens is 1. The van der Waals surface area contributed by atoms with Crippen LogP contribution in [0.4, 0.5) is 4.39 Å². The number of esters is 2. The van der Waals surface area contributed by atoms with Gasteiger partial charge in [-0.1, -0.05) is 38.1 Å². The smallest absolute Gasteiger partial charge is 0.367 e. The molecule has 3 atom stereocenters. The zero-order valence-electron chi connectivity index (χ0n) is 18.5. The molecule has 0 N–H and O–H groups in total. The Labute approximate surface area is 178 Å². The minimum atomic E-state index is -1.00. The van der Waals surface area contributed by atoms with Crippen molar-refractivity contribution in [2.75, 3.05) is 0 Å². The molecule has 1 saturated carbocycles. The number of rotatable bonds is 6. The van der Waals surface area contributed by atoms with Gasteiger partial charge in [0.1, 0.15) is 11.7 Å². The standard InChI is InChI=1S/C25H31FO4/c1-7-9-15-10-8-11-17-16(15)12-13-20(17)29-23(28)21-18(25(21,5)6)14-19(26)22(27)30-24(2,3)4/h7-8,10-11,14,18,20-21H,1,9,12-13H2,2-6H3/b19-14+/t18-,20-,21-/m0/s1. The lowest BCUT2D eigenvalue weighted by molar-refractivity contribution is -0.153. The van der Waals surface area contributed by atoms with E-state index in [1.165, 1.54) is 17.2 Å². The lowest BCUT2D eigenvalue weighted by Gasteiger charge is -2.18. The van der Waals surface area contributed by atoms with Gasteiger partial charge in [-0.15, -0.1) is 6.58 Å². The summed E-state index contributed by atoms with van der Waals surface area (Å²) in [6, 6.07) is 6.06. The van der Waals surface area contributed by atoms with E-state index in [0.29, 0.717) is 0 Å². The Kier molecular flexibility index (Phi) is 5.94. The highest BCUT2D eigenvalue weighted by Gasteiger charge is 2.62. The van der Waals surface area contributed by atoms with Crippen molar-refractivity contribution in [2.24, 2.45) is 17.3 Å². The second kappa shape index (κ2) is 8.01. The van der Waals surface area contributed by atoms with Crippen molar-refractivity contribution in [3.63, 3.8) is 0 Å². The largest absolute Gasteiger partial charge is 0.457 e. The van der Waals surface area contributed by atoms with Crippen molar-refractivity contribution in [2.45, 2.75) is 65.6 Å². The highest BCUT2D eigenvalue weighted by atomic mass is 19.1. The topological polar surface area (TPSA) is 52.6 Å². The normalized spacial score (nSPS) is 24.7. The van der Waals surface area contributed by atoms with E-state index in [9.17, 15) is 14.0 Å². The molecule has 1 aromatic carbocycles. The summed E-state index contributed by atoms with van der Waals surface area (Å²) in [4.78, 5) is 24.8. The van der Waals surface area contributed by atoms with E-state index < -0.39 is 34.6 Å². The average molecular weight is 415 g/mol. The van der Waals surface area contributed by atoms with Crippen molar-refractivity contribution < 1.29 is 23.5 Å². The fraction of sp³-hybridized carbons (Fsp3) is 0.520. The third kappa shape index (κ3) is 4.50. The Morgan fingerprint density at radius 3 is 2.63 bits per heavy atom. The molecule has 0 radical (unpaired) electrons. The number of hydrogen-bond donors (Lipinski definition) is 0. The van der Waals surface area contributed by atoms with Crippen LogP contribution in [0.2, 0.25) is 0 Å². The molecule has 0 aromatic heterocycles. The van der Waals surface area contributed by atoms with Crippen LogP contribution in [0.1, 0.15) is 63.8 Å². The first-order valence-corrected chi connectivity index (χ1v) is 10.5. The monoisotopic (exact) mass is 414 g/mol. The molecule has 0 spiro atoms. The SMILES string of the molecule is C=CCc1cccc2c1CC[C@@H]2OC(=O)[C@@H]1[C@H](/C=C(/F)C(=O)OC(C)(C)C)C1(C)C. The van der Waals surface area contributed by atoms with Crippen LogP contribution in [0, 0.1) is 17.3 Å². The Morgan fingerprint density at radius 2 is 2.00 bits per heavy atom. The number of benzene rings is 1. The van der Waals surface area contributed by atoms with Crippen LogP contribution in [0.15, 0.2) is 42.8 Å². The molecule has 0 aliphatic heterocycles. The number of hydrogen-bond acceptors (Lipinski definition) is 4. The summed E-state index contributed by atoms with van der Waals surface area (Å²) >= 11 is 0. The van der Waals surface area contributed by atoms with E-state index in [-0.39, 0.29) is 12.1 Å². The summed E-state index contributed by atoms with van der Waals surface area (Å²) in [6.45, 7) is 12.6. The molecule has 2 aliphatic carbocycles. The molecule has 162 valence electrons. The molecule has 1 aromatic rings. The van der Waals surface area contributed by atoms with Crippen molar-refractivity contribution in [1.29, 1.82) is 0 Å². The maximum Gasteiger partial charge on any atom is 0.367 e. The Balaban J connectivity index is 1.69. The first-order valence-electron chi connectivity index (χ1n) is 10.5. The van der Waals surface area contributed by atoms with Gasteiger partial charge in [0.15, 0.2) is 0 Å². The molecule has 0 bridgehead atoms. The van der Waals surface area contributed by atoms with Crippen LogP contribution in [0.3, 0.4) is 0 Å². The molecule has 30 heavy (non-hydrogen) atoms. The quantitative estimate of drug-likeness (QED) is 0.355. The van der Waals surface area contributed by atoms with Crippen LogP contribution in [-0.4, -0.2) is 17.5 Å². The molecule has 0 amide bonds. The van der Waals surface area contributed by atoms with Crippen molar-refractivity contribution >= 4 is 11.9 Å². The van der Waals surface area contributed by atoms with Gasteiger partial charge in [-0.2, -0.15) is 4.39 Å². The highest BCUT2D eigenvalue weighted by molar-refractivity contribution is 5.87. The first-order chi connectivity index (χ1) is 14.0. The van der Waals surface area contributed by atoms with Crippen molar-refractivity contribution in [1.82, 2.24) is 0 Å². The van der Waals surface area contributed by atoms with Crippen LogP contribution < -0.4 is 0 Å². The number of ether oxygens (including phenoxy) is 2.